The standard InChI is InChI=1S/C38H41N5O5/c1-42-19-5-10-34(41-35(44)14-12-26-15-17-39-18-16-26)38(47)43-24-31(23-32(43)25-48-33-9-4-8-30(22-33)37(42)46)40-36(45)21-27-11-13-28-6-2-3-7-29(28)20-27/h2-4,6-9,11,13,15-18,20,22,31-32,34H,5,10,12,14,19,21,23-25H2,1H3,(H,40,45)(H,41,44)/t31-,32-,34-/m0/s1. The Morgan fingerprint density at radius 3 is 2.54 bits per heavy atom. The molecular weight excluding hydrogens is 606 g/mol. The normalized spacial score (nSPS) is 20.1. The molecule has 6 rings (SSSR count). The number of hydrogen-bond donors (Lipinski definition) is 2. The largest absolute Gasteiger partial charge is 0.491 e. The highest BCUT2D eigenvalue weighted by atomic mass is 16.5. The summed E-state index contributed by atoms with van der Waals surface area (Å²) in [7, 11) is 1.73. The average Bonchev–Trinajstić information content (AvgIpc) is 3.50. The van der Waals surface area contributed by atoms with Crippen LogP contribution in [0.4, 0.5) is 0 Å². The van der Waals surface area contributed by atoms with Crippen molar-refractivity contribution < 1.29 is 23.9 Å². The van der Waals surface area contributed by atoms with E-state index in [0.29, 0.717) is 50.1 Å². The van der Waals surface area contributed by atoms with Crippen LogP contribution in [0.15, 0.2) is 91.3 Å². The van der Waals surface area contributed by atoms with E-state index in [1.807, 2.05) is 54.6 Å². The van der Waals surface area contributed by atoms with E-state index in [4.69, 9.17) is 4.74 Å². The van der Waals surface area contributed by atoms with E-state index in [0.717, 1.165) is 21.9 Å². The summed E-state index contributed by atoms with van der Waals surface area (Å²) in [4.78, 5) is 61.1. The van der Waals surface area contributed by atoms with E-state index < -0.39 is 6.04 Å². The molecule has 0 saturated carbocycles. The fraction of sp³-hybridized carbons (Fsp3) is 0.342. The first-order valence-corrected chi connectivity index (χ1v) is 16.6. The van der Waals surface area contributed by atoms with Gasteiger partial charge in [-0.15, -0.1) is 0 Å². The number of hydrogen-bond acceptors (Lipinski definition) is 6. The topological polar surface area (TPSA) is 121 Å². The number of nitrogens with one attached hydrogen (secondary N) is 2. The zero-order valence-electron chi connectivity index (χ0n) is 27.1. The Morgan fingerprint density at radius 2 is 1.71 bits per heavy atom. The molecule has 3 atom stereocenters. The van der Waals surface area contributed by atoms with Gasteiger partial charge in [0.2, 0.25) is 17.7 Å². The predicted octanol–water partition coefficient (Wildman–Crippen LogP) is 3.93. The molecule has 3 aromatic carbocycles. The lowest BCUT2D eigenvalue weighted by Crippen LogP contribution is -2.52. The third kappa shape index (κ3) is 8.17. The highest BCUT2D eigenvalue weighted by Crippen LogP contribution is 2.24. The van der Waals surface area contributed by atoms with Crippen molar-refractivity contribution in [2.45, 2.75) is 56.7 Å². The molecule has 2 bridgehead atoms. The number of amides is 4. The monoisotopic (exact) mass is 647 g/mol. The van der Waals surface area contributed by atoms with Crippen molar-refractivity contribution in [1.29, 1.82) is 0 Å². The number of benzene rings is 3. The predicted molar refractivity (Wildman–Crippen MR) is 182 cm³/mol. The molecule has 0 unspecified atom stereocenters. The number of fused-ring (bicyclic) bond motifs is 4. The third-order valence-electron chi connectivity index (χ3n) is 9.12. The van der Waals surface area contributed by atoms with Crippen molar-refractivity contribution in [3.8, 4) is 5.75 Å². The van der Waals surface area contributed by atoms with Crippen molar-refractivity contribution in [1.82, 2.24) is 25.4 Å². The summed E-state index contributed by atoms with van der Waals surface area (Å²) in [5.41, 5.74) is 2.42. The SMILES string of the molecule is CN1CCC[C@H](NC(=O)CCc2ccncc2)C(=O)N2C[C@@H](NC(=O)Cc3ccc4ccccc4c3)C[C@H]2COc2cccc(c2)C1=O. The number of carbonyl (C=O) groups is 4. The van der Waals surface area contributed by atoms with Gasteiger partial charge < -0.3 is 25.2 Å². The number of aryl methyl sites for hydroxylation is 1. The summed E-state index contributed by atoms with van der Waals surface area (Å²) in [6, 6.07) is 23.4. The highest BCUT2D eigenvalue weighted by molar-refractivity contribution is 5.94. The fourth-order valence-corrected chi connectivity index (χ4v) is 6.56. The highest BCUT2D eigenvalue weighted by Gasteiger charge is 2.39. The average molecular weight is 648 g/mol. The molecule has 0 aliphatic carbocycles. The van der Waals surface area contributed by atoms with Crippen molar-refractivity contribution in [2.24, 2.45) is 0 Å². The van der Waals surface area contributed by atoms with Crippen LogP contribution in [0.1, 0.15) is 47.2 Å². The molecule has 4 aromatic rings. The van der Waals surface area contributed by atoms with Gasteiger partial charge in [0.15, 0.2) is 0 Å². The zero-order chi connectivity index (χ0) is 33.5. The van der Waals surface area contributed by atoms with Gasteiger partial charge in [-0.25, -0.2) is 0 Å². The van der Waals surface area contributed by atoms with Crippen LogP contribution in [0.2, 0.25) is 0 Å². The molecule has 2 N–H and O–H groups in total. The van der Waals surface area contributed by atoms with Gasteiger partial charge in [0.25, 0.3) is 5.91 Å². The maximum atomic E-state index is 14.2. The second-order valence-electron chi connectivity index (χ2n) is 12.7. The van der Waals surface area contributed by atoms with Gasteiger partial charge in [0.05, 0.1) is 12.5 Å². The molecule has 1 fully saturated rings. The first kappa shape index (κ1) is 32.7. The maximum Gasteiger partial charge on any atom is 0.253 e. The molecule has 2 aliphatic heterocycles. The van der Waals surface area contributed by atoms with Crippen molar-refractivity contribution in [3.63, 3.8) is 0 Å². The molecule has 3 heterocycles. The molecule has 248 valence electrons. The van der Waals surface area contributed by atoms with Crippen molar-refractivity contribution in [3.05, 3.63) is 108 Å². The Morgan fingerprint density at radius 1 is 0.896 bits per heavy atom. The van der Waals surface area contributed by atoms with Crippen LogP contribution in [-0.2, 0) is 27.2 Å². The van der Waals surface area contributed by atoms with Gasteiger partial charge >= 0.3 is 0 Å². The van der Waals surface area contributed by atoms with Crippen LogP contribution in [0.5, 0.6) is 5.75 Å². The van der Waals surface area contributed by atoms with Crippen molar-refractivity contribution >= 4 is 34.4 Å². The fourth-order valence-electron chi connectivity index (χ4n) is 6.56. The summed E-state index contributed by atoms with van der Waals surface area (Å²) in [6.07, 6.45) is 5.73. The number of carbonyl (C=O) groups excluding carboxylic acids is 4. The van der Waals surface area contributed by atoms with E-state index >= 15 is 0 Å². The number of pyridine rings is 1. The van der Waals surface area contributed by atoms with Crippen LogP contribution in [0.3, 0.4) is 0 Å². The Hall–Kier alpha value is -5.25. The van der Waals surface area contributed by atoms with Gasteiger partial charge in [-0.2, -0.15) is 0 Å². The van der Waals surface area contributed by atoms with E-state index in [-0.39, 0.29) is 55.2 Å². The maximum absolute atomic E-state index is 14.2. The number of rotatable bonds is 7. The number of ether oxygens (including phenoxy) is 1. The van der Waals surface area contributed by atoms with E-state index in [1.54, 1.807) is 53.5 Å². The first-order valence-electron chi connectivity index (χ1n) is 16.6. The molecule has 10 heteroatoms. The summed E-state index contributed by atoms with van der Waals surface area (Å²) in [5.74, 6) is -0.169. The Kier molecular flexibility index (Phi) is 10.3. The van der Waals surface area contributed by atoms with E-state index in [9.17, 15) is 19.2 Å². The Bertz CT molecular complexity index is 1780. The molecule has 48 heavy (non-hydrogen) atoms. The second kappa shape index (κ2) is 15.1. The summed E-state index contributed by atoms with van der Waals surface area (Å²) in [5, 5.41) is 8.33. The van der Waals surface area contributed by atoms with E-state index in [2.05, 4.69) is 15.6 Å². The van der Waals surface area contributed by atoms with Crippen LogP contribution >= 0.6 is 0 Å². The first-order chi connectivity index (χ1) is 23.3. The lowest BCUT2D eigenvalue weighted by Gasteiger charge is -2.30. The Balaban J connectivity index is 1.18. The summed E-state index contributed by atoms with van der Waals surface area (Å²) >= 11 is 0. The summed E-state index contributed by atoms with van der Waals surface area (Å²) < 4.78 is 6.16. The van der Waals surface area contributed by atoms with E-state index in [1.165, 1.54) is 0 Å². The molecule has 0 spiro atoms. The van der Waals surface area contributed by atoms with Crippen molar-refractivity contribution in [2.75, 3.05) is 26.7 Å². The van der Waals surface area contributed by atoms with Crippen LogP contribution in [0, 0.1) is 0 Å². The van der Waals surface area contributed by atoms with Gasteiger partial charge in [-0.3, -0.25) is 24.2 Å². The Labute approximate surface area is 280 Å². The lowest BCUT2D eigenvalue weighted by atomic mass is 10.0. The molecule has 0 radical (unpaired) electrons. The number of aromatic nitrogens is 1. The van der Waals surface area contributed by atoms with Gasteiger partial charge in [0, 0.05) is 50.6 Å². The van der Waals surface area contributed by atoms with Crippen LogP contribution in [0.25, 0.3) is 10.8 Å². The van der Waals surface area contributed by atoms with Gasteiger partial charge in [-0.1, -0.05) is 48.5 Å². The van der Waals surface area contributed by atoms with Crippen LogP contribution < -0.4 is 15.4 Å². The minimum atomic E-state index is -0.784. The molecular formula is C38H41N5O5. The second-order valence-corrected chi connectivity index (χ2v) is 12.7. The molecule has 10 nitrogen and oxygen atoms in total. The minimum absolute atomic E-state index is 0.120. The van der Waals surface area contributed by atoms with Gasteiger partial charge in [0.1, 0.15) is 18.4 Å². The molecule has 2 aliphatic rings. The summed E-state index contributed by atoms with van der Waals surface area (Å²) in [6.45, 7) is 0.897. The zero-order valence-corrected chi connectivity index (χ0v) is 27.1. The van der Waals surface area contributed by atoms with Gasteiger partial charge in [-0.05, 0) is 77.9 Å². The number of nitrogens with zero attached hydrogens (tertiary/aromatic N) is 3. The smallest absolute Gasteiger partial charge is 0.253 e. The quantitative estimate of drug-likeness (QED) is 0.314. The lowest BCUT2D eigenvalue weighted by molar-refractivity contribution is -0.138. The third-order valence-corrected chi connectivity index (χ3v) is 9.12. The molecule has 4 amide bonds. The molecule has 1 saturated heterocycles. The minimum Gasteiger partial charge on any atom is -0.491 e. The van der Waals surface area contributed by atoms with Crippen LogP contribution in [-0.4, -0.2) is 83.3 Å². The molecule has 1 aromatic heterocycles.